The summed E-state index contributed by atoms with van der Waals surface area (Å²) in [5.41, 5.74) is -0.249. The molecule has 3 aromatic carbocycles. The molecule has 37 heavy (non-hydrogen) atoms. The molecule has 0 amide bonds. The van der Waals surface area contributed by atoms with Gasteiger partial charge in [-0.1, -0.05) is 72.3 Å². The van der Waals surface area contributed by atoms with E-state index >= 15 is 0 Å². The van der Waals surface area contributed by atoms with Gasteiger partial charge in [-0.05, 0) is 24.6 Å². The molecule has 0 radical (unpaired) electrons. The van der Waals surface area contributed by atoms with Crippen molar-refractivity contribution in [1.82, 2.24) is 19.3 Å². The molecule has 0 aliphatic carbocycles. The predicted octanol–water partition coefficient (Wildman–Crippen LogP) is 6.28. The van der Waals surface area contributed by atoms with E-state index in [2.05, 4.69) is 9.97 Å². The van der Waals surface area contributed by atoms with Crippen LogP contribution in [0.2, 0.25) is 5.15 Å². The third-order valence-corrected chi connectivity index (χ3v) is 5.76. The van der Waals surface area contributed by atoms with Gasteiger partial charge in [0.05, 0.1) is 22.5 Å². The number of rotatable bonds is 5. The molecule has 2 aromatic heterocycles. The van der Waals surface area contributed by atoms with E-state index in [0.29, 0.717) is 17.1 Å². The van der Waals surface area contributed by atoms with E-state index in [9.17, 15) is 18.0 Å². The van der Waals surface area contributed by atoms with Crippen LogP contribution >= 0.6 is 24.0 Å². The Bertz CT molecular complexity index is 1620. The summed E-state index contributed by atoms with van der Waals surface area (Å²) in [6.45, 7) is 1.64. The number of aromatic nitrogens is 4. The van der Waals surface area contributed by atoms with Gasteiger partial charge in [-0.2, -0.15) is 13.2 Å². The Hall–Kier alpha value is -3.82. The molecule has 0 atom stereocenters. The number of nitrogens with zero attached hydrogens (tertiary/aromatic N) is 4. The highest BCUT2D eigenvalue weighted by Crippen LogP contribution is 2.38. The molecule has 6 nitrogen and oxygen atoms in total. The monoisotopic (exact) mass is 546 g/mol. The molecule has 0 bridgehead atoms. The molecule has 0 fully saturated rings. The van der Waals surface area contributed by atoms with E-state index in [1.807, 2.05) is 6.07 Å². The molecule has 0 N–H and O–H groups in total. The maximum absolute atomic E-state index is 14.4. The summed E-state index contributed by atoms with van der Waals surface area (Å²) >= 11 is 6.07. The average molecular weight is 547 g/mol. The minimum absolute atomic E-state index is 0. The Balaban J connectivity index is 0.00000320. The third kappa shape index (κ3) is 5.19. The number of hydrogen-bond donors (Lipinski definition) is 0. The first-order valence-corrected chi connectivity index (χ1v) is 11.2. The predicted molar refractivity (Wildman–Crippen MR) is 137 cm³/mol. The molecule has 0 saturated heterocycles. The lowest BCUT2D eigenvalue weighted by Crippen LogP contribution is -2.29. The van der Waals surface area contributed by atoms with Crippen LogP contribution in [0, 0.1) is 6.92 Å². The van der Waals surface area contributed by atoms with Gasteiger partial charge in [-0.25, -0.2) is 9.97 Å². The second-order valence-electron chi connectivity index (χ2n) is 8.06. The number of hydrogen-bond acceptors (Lipinski definition) is 4. The number of benzene rings is 3. The van der Waals surface area contributed by atoms with Crippen LogP contribution in [0.15, 0.2) is 83.8 Å². The van der Waals surface area contributed by atoms with Crippen LogP contribution in [0.4, 0.5) is 13.2 Å². The van der Waals surface area contributed by atoms with Gasteiger partial charge in [0, 0.05) is 11.8 Å². The molecule has 2 heterocycles. The first kappa shape index (κ1) is 26.2. The maximum atomic E-state index is 14.4. The standard InChI is InChI=1S/C26H18ClF3N4O2.ClH/c1-16-14-33(24(31-16)18-10-6-3-7-11-18)21-13-20-22(12-19(21)26(28,29)30)34(25(35)23(27)32-20)36-15-17-8-4-2-5-9-17;/h2-14H,15H2,1H3;1H. The highest BCUT2D eigenvalue weighted by atomic mass is 35.5. The van der Waals surface area contributed by atoms with Crippen LogP contribution < -0.4 is 10.4 Å². The molecule has 0 unspecified atom stereocenters. The van der Waals surface area contributed by atoms with Crippen molar-refractivity contribution in [1.29, 1.82) is 0 Å². The molecular formula is C26H19Cl2F3N4O2. The molecular weight excluding hydrogens is 528 g/mol. The number of fused-ring (bicyclic) bond motifs is 1. The summed E-state index contributed by atoms with van der Waals surface area (Å²) in [4.78, 5) is 26.8. The molecule has 0 aliphatic rings. The molecule has 190 valence electrons. The van der Waals surface area contributed by atoms with Gasteiger partial charge in [0.15, 0.2) is 5.15 Å². The van der Waals surface area contributed by atoms with Crippen molar-refractivity contribution in [3.63, 3.8) is 0 Å². The van der Waals surface area contributed by atoms with Gasteiger partial charge >= 0.3 is 11.7 Å². The second kappa shape index (κ2) is 10.3. The van der Waals surface area contributed by atoms with Crippen molar-refractivity contribution in [2.75, 3.05) is 0 Å². The van der Waals surface area contributed by atoms with Crippen molar-refractivity contribution in [2.45, 2.75) is 19.7 Å². The normalized spacial score (nSPS) is 11.4. The van der Waals surface area contributed by atoms with E-state index in [1.165, 1.54) is 16.8 Å². The van der Waals surface area contributed by atoms with Crippen molar-refractivity contribution in [2.24, 2.45) is 0 Å². The Labute approximate surface area is 220 Å². The molecule has 0 saturated carbocycles. The second-order valence-corrected chi connectivity index (χ2v) is 8.42. The molecule has 5 aromatic rings. The molecule has 11 heteroatoms. The largest absolute Gasteiger partial charge is 0.418 e. The van der Waals surface area contributed by atoms with Gasteiger partial charge < -0.3 is 4.84 Å². The van der Waals surface area contributed by atoms with E-state index in [-0.39, 0.29) is 35.7 Å². The van der Waals surface area contributed by atoms with Crippen molar-refractivity contribution in [3.05, 3.63) is 111 Å². The van der Waals surface area contributed by atoms with E-state index < -0.39 is 22.5 Å². The van der Waals surface area contributed by atoms with E-state index in [4.69, 9.17) is 16.4 Å². The van der Waals surface area contributed by atoms with Crippen molar-refractivity contribution in [3.8, 4) is 17.1 Å². The zero-order chi connectivity index (χ0) is 25.4. The van der Waals surface area contributed by atoms with Crippen LogP contribution in [0.25, 0.3) is 28.1 Å². The van der Waals surface area contributed by atoms with E-state index in [1.54, 1.807) is 61.5 Å². The zero-order valence-electron chi connectivity index (χ0n) is 19.2. The summed E-state index contributed by atoms with van der Waals surface area (Å²) in [6, 6.07) is 19.9. The third-order valence-electron chi connectivity index (χ3n) is 5.52. The average Bonchev–Trinajstić information content (AvgIpc) is 3.26. The Morgan fingerprint density at radius 3 is 2.27 bits per heavy atom. The number of aryl methyl sites for hydroxylation is 1. The highest BCUT2D eigenvalue weighted by Gasteiger charge is 2.36. The lowest BCUT2D eigenvalue weighted by molar-refractivity contribution is -0.137. The topological polar surface area (TPSA) is 61.9 Å². The number of halogens is 5. The van der Waals surface area contributed by atoms with Crippen LogP contribution in [-0.4, -0.2) is 19.3 Å². The molecule has 0 aliphatic heterocycles. The lowest BCUT2D eigenvalue weighted by atomic mass is 10.1. The van der Waals surface area contributed by atoms with Crippen LogP contribution in [0.5, 0.6) is 0 Å². The van der Waals surface area contributed by atoms with Gasteiger partial charge in [0.2, 0.25) is 0 Å². The number of imidazole rings is 1. The summed E-state index contributed by atoms with van der Waals surface area (Å²) in [6.07, 6.45) is -3.24. The van der Waals surface area contributed by atoms with Gasteiger partial charge in [0.1, 0.15) is 17.9 Å². The Kier molecular flexibility index (Phi) is 7.29. The SMILES string of the molecule is Cc1cn(-c2cc3nc(Cl)c(=O)n(OCc4ccccc4)c3cc2C(F)(F)F)c(-c2ccccc2)n1.Cl. The first-order chi connectivity index (χ1) is 17.2. The Morgan fingerprint density at radius 1 is 0.973 bits per heavy atom. The smallest absolute Gasteiger partial charge is 0.405 e. The molecule has 0 spiro atoms. The fourth-order valence-corrected chi connectivity index (χ4v) is 4.07. The summed E-state index contributed by atoms with van der Waals surface area (Å²) in [5, 5.41) is -0.425. The minimum atomic E-state index is -4.75. The van der Waals surface area contributed by atoms with Gasteiger partial charge in [-0.15, -0.1) is 17.1 Å². The first-order valence-electron chi connectivity index (χ1n) is 10.8. The molecule has 5 rings (SSSR count). The van der Waals surface area contributed by atoms with Gasteiger partial charge in [0.25, 0.3) is 0 Å². The van der Waals surface area contributed by atoms with Crippen molar-refractivity contribution >= 4 is 35.0 Å². The summed E-state index contributed by atoms with van der Waals surface area (Å²) in [7, 11) is 0. The zero-order valence-corrected chi connectivity index (χ0v) is 20.8. The lowest BCUT2D eigenvalue weighted by Gasteiger charge is -2.18. The fraction of sp³-hybridized carbons (Fsp3) is 0.115. The highest BCUT2D eigenvalue weighted by molar-refractivity contribution is 6.29. The van der Waals surface area contributed by atoms with Crippen molar-refractivity contribution < 1.29 is 18.0 Å². The van der Waals surface area contributed by atoms with Crippen LogP contribution in [0.1, 0.15) is 16.8 Å². The maximum Gasteiger partial charge on any atom is 0.418 e. The summed E-state index contributed by atoms with van der Waals surface area (Å²) < 4.78 is 45.2. The summed E-state index contributed by atoms with van der Waals surface area (Å²) in [5.74, 6) is 0.331. The van der Waals surface area contributed by atoms with E-state index in [0.717, 1.165) is 16.4 Å². The van der Waals surface area contributed by atoms with Crippen LogP contribution in [0.3, 0.4) is 0 Å². The fourth-order valence-electron chi connectivity index (χ4n) is 3.90. The number of alkyl halides is 3. The van der Waals surface area contributed by atoms with Crippen LogP contribution in [-0.2, 0) is 12.8 Å². The quantitative estimate of drug-likeness (QED) is 0.260. The van der Waals surface area contributed by atoms with Gasteiger partial charge in [-0.3, -0.25) is 9.36 Å². The minimum Gasteiger partial charge on any atom is -0.405 e. The Morgan fingerprint density at radius 2 is 1.62 bits per heavy atom.